The number of nitrogens with zero attached hydrogens (tertiary/aromatic N) is 1. The predicted octanol–water partition coefficient (Wildman–Crippen LogP) is 10.3. The minimum Gasteiger partial charge on any atom is -0.371 e. The molecule has 3 unspecified atom stereocenters. The van der Waals surface area contributed by atoms with E-state index in [0.29, 0.717) is 11.3 Å². The summed E-state index contributed by atoms with van der Waals surface area (Å²) >= 11 is 1.96. The summed E-state index contributed by atoms with van der Waals surface area (Å²) in [5.74, 6) is 0.489. The van der Waals surface area contributed by atoms with Crippen molar-refractivity contribution in [2.24, 2.45) is 10.9 Å². The number of rotatable bonds is 4. The van der Waals surface area contributed by atoms with Crippen LogP contribution in [0.2, 0.25) is 0 Å². The second-order valence-electron chi connectivity index (χ2n) is 12.0. The fourth-order valence-corrected chi connectivity index (χ4v) is 8.13. The first-order valence-corrected chi connectivity index (χ1v) is 16.5. The third-order valence-corrected chi connectivity index (χ3v) is 10.5. The molecule has 216 valence electrons. The van der Waals surface area contributed by atoms with Crippen LogP contribution in [0.25, 0.3) is 38.0 Å². The van der Waals surface area contributed by atoms with Crippen molar-refractivity contribution < 1.29 is 0 Å². The van der Waals surface area contributed by atoms with Gasteiger partial charge in [-0.1, -0.05) is 133 Å². The standard InChI is InChI=1S/C41H31N3S/c1-3-10-27(11-4-1)35-25-36(32-18-15-26-9-7-8-14-30(26)23-32)43-40(42-35)33-19-21-34-31(24-33)17-16-28-20-22-37-39(38(28)34)44-41(45-37)29-12-5-2-6-13-29/h1-12,14-25,29,40-42,44H,13H2. The number of aliphatic imine (C=N–C) groups is 1. The summed E-state index contributed by atoms with van der Waals surface area (Å²) in [6.07, 6.45) is 12.0. The Bertz CT molecular complexity index is 2250. The quantitative estimate of drug-likeness (QED) is 0.199. The largest absolute Gasteiger partial charge is 0.371 e. The minimum absolute atomic E-state index is 0.211. The van der Waals surface area contributed by atoms with Gasteiger partial charge in [0.15, 0.2) is 0 Å². The van der Waals surface area contributed by atoms with Crippen LogP contribution in [0.15, 0.2) is 156 Å². The molecule has 45 heavy (non-hydrogen) atoms. The second-order valence-corrected chi connectivity index (χ2v) is 13.2. The lowest BCUT2D eigenvalue weighted by atomic mass is 9.96. The van der Waals surface area contributed by atoms with E-state index in [1.807, 2.05) is 11.8 Å². The summed E-state index contributed by atoms with van der Waals surface area (Å²) in [4.78, 5) is 6.63. The zero-order valence-corrected chi connectivity index (χ0v) is 25.5. The molecule has 2 N–H and O–H groups in total. The molecule has 0 bridgehead atoms. The molecule has 4 heteroatoms. The Morgan fingerprint density at radius 1 is 0.667 bits per heavy atom. The summed E-state index contributed by atoms with van der Waals surface area (Å²) in [7, 11) is 0. The van der Waals surface area contributed by atoms with Gasteiger partial charge in [-0.05, 0) is 68.8 Å². The number of hydrogen-bond donors (Lipinski definition) is 2. The summed E-state index contributed by atoms with van der Waals surface area (Å²) in [6, 6.07) is 41.6. The van der Waals surface area contributed by atoms with Gasteiger partial charge in [0.05, 0.1) is 16.8 Å². The zero-order valence-electron chi connectivity index (χ0n) is 24.7. The van der Waals surface area contributed by atoms with E-state index in [0.717, 1.165) is 34.5 Å². The normalized spacial score (nSPS) is 20.5. The maximum Gasteiger partial charge on any atom is 0.145 e. The van der Waals surface area contributed by atoms with Gasteiger partial charge >= 0.3 is 0 Å². The van der Waals surface area contributed by atoms with E-state index in [-0.39, 0.29) is 6.17 Å². The van der Waals surface area contributed by atoms with Crippen molar-refractivity contribution in [3.8, 4) is 0 Å². The molecule has 0 saturated carbocycles. The van der Waals surface area contributed by atoms with E-state index in [1.54, 1.807) is 0 Å². The summed E-state index contributed by atoms with van der Waals surface area (Å²) in [5, 5.41) is 15.5. The molecule has 2 aliphatic heterocycles. The van der Waals surface area contributed by atoms with Crippen molar-refractivity contribution in [2.45, 2.75) is 22.9 Å². The topological polar surface area (TPSA) is 36.4 Å². The highest BCUT2D eigenvalue weighted by Crippen LogP contribution is 2.48. The highest BCUT2D eigenvalue weighted by molar-refractivity contribution is 8.00. The molecule has 0 radical (unpaired) electrons. The number of hydrogen-bond acceptors (Lipinski definition) is 4. The summed E-state index contributed by atoms with van der Waals surface area (Å²) < 4.78 is 0. The number of nitrogens with one attached hydrogen (secondary N) is 2. The Morgan fingerprint density at radius 3 is 2.38 bits per heavy atom. The van der Waals surface area contributed by atoms with Crippen LogP contribution in [0, 0.1) is 5.92 Å². The Kier molecular flexibility index (Phi) is 6.34. The molecule has 0 spiro atoms. The summed E-state index contributed by atoms with van der Waals surface area (Å²) in [5.41, 5.74) is 6.75. The molecule has 3 atom stereocenters. The average Bonchev–Trinajstić information content (AvgIpc) is 3.56. The van der Waals surface area contributed by atoms with Gasteiger partial charge < -0.3 is 10.6 Å². The molecule has 3 nitrogen and oxygen atoms in total. The van der Waals surface area contributed by atoms with Crippen molar-refractivity contribution >= 4 is 61.2 Å². The molecule has 0 aromatic heterocycles. The Balaban J connectivity index is 1.12. The highest BCUT2D eigenvalue weighted by atomic mass is 32.2. The molecular weight excluding hydrogens is 567 g/mol. The molecular formula is C41H31N3S. The predicted molar refractivity (Wildman–Crippen MR) is 192 cm³/mol. The fraction of sp³-hybridized carbons (Fsp3) is 0.0976. The van der Waals surface area contributed by atoms with E-state index in [2.05, 4.69) is 156 Å². The number of fused-ring (bicyclic) bond motifs is 6. The summed E-state index contributed by atoms with van der Waals surface area (Å²) in [6.45, 7) is 0. The van der Waals surface area contributed by atoms with E-state index < -0.39 is 0 Å². The first-order valence-electron chi connectivity index (χ1n) is 15.6. The van der Waals surface area contributed by atoms with Crippen molar-refractivity contribution in [2.75, 3.05) is 5.32 Å². The average molecular weight is 598 g/mol. The lowest BCUT2D eigenvalue weighted by Crippen LogP contribution is -2.24. The van der Waals surface area contributed by atoms with Crippen LogP contribution >= 0.6 is 11.8 Å². The first-order chi connectivity index (χ1) is 22.3. The van der Waals surface area contributed by atoms with Crippen molar-refractivity contribution in [1.82, 2.24) is 5.32 Å². The van der Waals surface area contributed by atoms with Crippen LogP contribution < -0.4 is 10.6 Å². The van der Waals surface area contributed by atoms with Crippen molar-refractivity contribution in [1.29, 1.82) is 0 Å². The number of anilines is 1. The van der Waals surface area contributed by atoms with Crippen LogP contribution in [0.3, 0.4) is 0 Å². The van der Waals surface area contributed by atoms with E-state index >= 15 is 0 Å². The van der Waals surface area contributed by atoms with Gasteiger partial charge in [0.25, 0.3) is 0 Å². The molecule has 1 aliphatic carbocycles. The van der Waals surface area contributed by atoms with Gasteiger partial charge in [-0.2, -0.15) is 0 Å². The molecule has 6 aromatic rings. The van der Waals surface area contributed by atoms with Gasteiger partial charge in [-0.3, -0.25) is 4.99 Å². The van der Waals surface area contributed by atoms with Gasteiger partial charge in [0.1, 0.15) is 6.17 Å². The van der Waals surface area contributed by atoms with E-state index in [1.165, 1.54) is 42.9 Å². The molecule has 0 fully saturated rings. The Morgan fingerprint density at radius 2 is 1.49 bits per heavy atom. The first kappa shape index (κ1) is 26.4. The third kappa shape index (κ3) is 4.73. The second kappa shape index (κ2) is 10.8. The lowest BCUT2D eigenvalue weighted by molar-refractivity contribution is 0.662. The van der Waals surface area contributed by atoms with Crippen molar-refractivity contribution in [3.63, 3.8) is 0 Å². The molecule has 9 rings (SSSR count). The smallest absolute Gasteiger partial charge is 0.145 e. The van der Waals surface area contributed by atoms with E-state index in [9.17, 15) is 0 Å². The van der Waals surface area contributed by atoms with Crippen LogP contribution in [0.4, 0.5) is 5.69 Å². The number of allylic oxidation sites excluding steroid dienone is 4. The maximum atomic E-state index is 5.30. The molecule has 3 aliphatic rings. The van der Waals surface area contributed by atoms with Crippen molar-refractivity contribution in [3.05, 3.63) is 162 Å². The van der Waals surface area contributed by atoms with E-state index in [4.69, 9.17) is 4.99 Å². The Hall–Kier alpha value is -5.06. The van der Waals surface area contributed by atoms with Crippen LogP contribution in [0.1, 0.15) is 29.3 Å². The monoisotopic (exact) mass is 597 g/mol. The van der Waals surface area contributed by atoms with Gasteiger partial charge in [-0.25, -0.2) is 0 Å². The van der Waals surface area contributed by atoms with Crippen LogP contribution in [0.5, 0.6) is 0 Å². The van der Waals surface area contributed by atoms with Gasteiger partial charge in [0, 0.05) is 27.5 Å². The highest BCUT2D eigenvalue weighted by Gasteiger charge is 2.29. The molecule has 2 heterocycles. The molecule has 6 aromatic carbocycles. The number of benzene rings is 6. The fourth-order valence-electron chi connectivity index (χ4n) is 6.88. The van der Waals surface area contributed by atoms with Gasteiger partial charge in [0.2, 0.25) is 0 Å². The minimum atomic E-state index is -0.211. The lowest BCUT2D eigenvalue weighted by Gasteiger charge is -2.25. The Labute approximate surface area is 267 Å². The maximum absolute atomic E-state index is 5.30. The van der Waals surface area contributed by atoms with Crippen LogP contribution in [-0.4, -0.2) is 11.1 Å². The SMILES string of the molecule is C1=CCC(C2Nc3c(ccc4ccc5cc(C6N=C(c7ccc8ccccc8c7)C=C(c7ccccc7)N6)ccc5c34)S2)C=C1. The molecule has 0 amide bonds. The van der Waals surface area contributed by atoms with Crippen LogP contribution in [-0.2, 0) is 0 Å². The molecule has 0 saturated heterocycles. The number of thioether (sulfide) groups is 1. The van der Waals surface area contributed by atoms with Gasteiger partial charge in [-0.15, -0.1) is 0 Å². The zero-order chi connectivity index (χ0) is 29.7. The third-order valence-electron chi connectivity index (χ3n) is 9.22.